The predicted molar refractivity (Wildman–Crippen MR) is 106 cm³/mol. The van der Waals surface area contributed by atoms with Gasteiger partial charge in [0.05, 0.1) is 22.7 Å². The van der Waals surface area contributed by atoms with E-state index in [2.05, 4.69) is 28.2 Å². The molecular weight excluding hydrogens is 366 g/mol. The molecule has 0 saturated heterocycles. The van der Waals surface area contributed by atoms with Crippen molar-refractivity contribution in [1.29, 1.82) is 0 Å². The van der Waals surface area contributed by atoms with E-state index in [0.29, 0.717) is 10.9 Å². The van der Waals surface area contributed by atoms with E-state index in [1.807, 2.05) is 35.3 Å². The molecule has 0 spiro atoms. The van der Waals surface area contributed by atoms with Crippen LogP contribution in [0.25, 0.3) is 0 Å². The minimum atomic E-state index is -0.201. The Hall–Kier alpha value is -2.25. The molecule has 1 aromatic carbocycles. The zero-order valence-corrected chi connectivity index (χ0v) is 15.7. The van der Waals surface area contributed by atoms with E-state index in [-0.39, 0.29) is 28.5 Å². The number of anilines is 1. The molecule has 1 amide bonds. The first kappa shape index (κ1) is 17.2. The highest BCUT2D eigenvalue weighted by Gasteiger charge is 2.36. The Morgan fingerprint density at radius 3 is 2.96 bits per heavy atom. The van der Waals surface area contributed by atoms with Crippen molar-refractivity contribution in [3.8, 4) is 0 Å². The summed E-state index contributed by atoms with van der Waals surface area (Å²) in [6, 6.07) is 9.42. The molecule has 2 aliphatic rings. The van der Waals surface area contributed by atoms with Crippen molar-refractivity contribution < 1.29 is 4.79 Å². The third-order valence-electron chi connectivity index (χ3n) is 4.19. The van der Waals surface area contributed by atoms with Crippen LogP contribution in [0, 0.1) is 6.92 Å². The molecule has 0 fully saturated rings. The molecule has 7 heteroatoms. The average molecular weight is 383 g/mol. The second-order valence-electron chi connectivity index (χ2n) is 6.05. The molecule has 132 valence electrons. The highest BCUT2D eigenvalue weighted by molar-refractivity contribution is 8.00. The SMILES string of the molecule is Cc1cc(=O)[nH]c(SCC(=O)N2c3ccccc3S[C@@H]3C=CC=C[C@H]32)n1. The van der Waals surface area contributed by atoms with Crippen molar-refractivity contribution in [2.45, 2.75) is 28.3 Å². The Labute approximate surface area is 159 Å². The van der Waals surface area contributed by atoms with Crippen molar-refractivity contribution in [2.24, 2.45) is 0 Å². The summed E-state index contributed by atoms with van der Waals surface area (Å²) in [5.41, 5.74) is 1.38. The number of fused-ring (bicyclic) bond motifs is 2. The average Bonchev–Trinajstić information content (AvgIpc) is 2.63. The van der Waals surface area contributed by atoms with Gasteiger partial charge in [0, 0.05) is 16.7 Å². The summed E-state index contributed by atoms with van der Waals surface area (Å²) in [5.74, 6) is 0.216. The van der Waals surface area contributed by atoms with Crippen molar-refractivity contribution in [1.82, 2.24) is 9.97 Å². The zero-order chi connectivity index (χ0) is 18.1. The summed E-state index contributed by atoms with van der Waals surface area (Å²) in [5, 5.41) is 0.680. The second kappa shape index (κ2) is 7.17. The fraction of sp³-hybridized carbons (Fsp3) is 0.211. The Morgan fingerprint density at radius 1 is 1.31 bits per heavy atom. The first-order valence-electron chi connectivity index (χ1n) is 8.25. The van der Waals surface area contributed by atoms with Gasteiger partial charge in [-0.3, -0.25) is 9.59 Å². The van der Waals surface area contributed by atoms with Gasteiger partial charge in [-0.15, -0.1) is 11.8 Å². The van der Waals surface area contributed by atoms with Crippen LogP contribution in [0.2, 0.25) is 0 Å². The predicted octanol–water partition coefficient (Wildman–Crippen LogP) is 3.17. The van der Waals surface area contributed by atoms with Gasteiger partial charge in [-0.05, 0) is 19.1 Å². The number of carbonyl (C=O) groups is 1. The molecule has 0 radical (unpaired) electrons. The number of carbonyl (C=O) groups excluding carboxylic acids is 1. The number of hydrogen-bond donors (Lipinski definition) is 1. The number of H-pyrrole nitrogens is 1. The first-order valence-corrected chi connectivity index (χ1v) is 10.1. The Morgan fingerprint density at radius 2 is 2.12 bits per heavy atom. The molecule has 1 aliphatic carbocycles. The molecule has 0 unspecified atom stereocenters. The lowest BCUT2D eigenvalue weighted by molar-refractivity contribution is -0.116. The lowest BCUT2D eigenvalue weighted by Gasteiger charge is -2.40. The number of nitrogens with zero attached hydrogens (tertiary/aromatic N) is 2. The van der Waals surface area contributed by atoms with E-state index in [1.54, 1.807) is 18.7 Å². The summed E-state index contributed by atoms with van der Waals surface area (Å²) in [7, 11) is 0. The number of amides is 1. The molecule has 2 heterocycles. The zero-order valence-electron chi connectivity index (χ0n) is 14.1. The summed E-state index contributed by atoms with van der Waals surface area (Å²) in [4.78, 5) is 34.6. The standard InChI is InChI=1S/C19H17N3O2S2/c1-12-10-17(23)21-19(20-12)25-11-18(24)22-13-6-2-4-8-15(13)26-16-9-5-3-7-14(16)22/h2-10,13,15H,11H2,1H3,(H,20,21,23)/t13-,15-/m1/s1. The van der Waals surface area contributed by atoms with Gasteiger partial charge in [0.15, 0.2) is 5.16 Å². The molecule has 2 atom stereocenters. The number of hydrogen-bond acceptors (Lipinski definition) is 5. The van der Waals surface area contributed by atoms with Gasteiger partial charge in [0.2, 0.25) is 5.91 Å². The maximum atomic E-state index is 13.1. The molecule has 4 rings (SSSR count). The van der Waals surface area contributed by atoms with Gasteiger partial charge in [-0.2, -0.15) is 0 Å². The van der Waals surface area contributed by atoms with Gasteiger partial charge < -0.3 is 9.88 Å². The first-order chi connectivity index (χ1) is 12.6. The van der Waals surface area contributed by atoms with E-state index in [0.717, 1.165) is 10.6 Å². The minimum Gasteiger partial charge on any atom is -0.302 e. The van der Waals surface area contributed by atoms with Crippen LogP contribution in [0.3, 0.4) is 0 Å². The number of benzene rings is 1. The van der Waals surface area contributed by atoms with Crippen LogP contribution in [0.1, 0.15) is 5.69 Å². The molecule has 1 aliphatic heterocycles. The summed E-state index contributed by atoms with van der Waals surface area (Å²) < 4.78 is 0. The third-order valence-corrected chi connectivity index (χ3v) is 6.36. The largest absolute Gasteiger partial charge is 0.302 e. The molecule has 26 heavy (non-hydrogen) atoms. The van der Waals surface area contributed by atoms with E-state index in [4.69, 9.17) is 0 Å². The van der Waals surface area contributed by atoms with Crippen LogP contribution in [-0.2, 0) is 4.79 Å². The number of rotatable bonds is 3. The van der Waals surface area contributed by atoms with Gasteiger partial charge in [-0.25, -0.2) is 4.98 Å². The summed E-state index contributed by atoms with van der Waals surface area (Å²) in [6.07, 6.45) is 8.23. The van der Waals surface area contributed by atoms with Gasteiger partial charge in [-0.1, -0.05) is 48.2 Å². The monoisotopic (exact) mass is 383 g/mol. The topological polar surface area (TPSA) is 66.1 Å². The van der Waals surface area contributed by atoms with Crippen LogP contribution < -0.4 is 10.5 Å². The number of allylic oxidation sites excluding steroid dienone is 2. The molecule has 1 N–H and O–H groups in total. The fourth-order valence-corrected chi connectivity index (χ4v) is 5.14. The van der Waals surface area contributed by atoms with E-state index < -0.39 is 0 Å². The maximum absolute atomic E-state index is 13.1. The number of nitrogens with one attached hydrogen (secondary N) is 1. The van der Waals surface area contributed by atoms with E-state index in [1.165, 1.54) is 17.8 Å². The maximum Gasteiger partial charge on any atom is 0.251 e. The van der Waals surface area contributed by atoms with Crippen LogP contribution in [0.15, 0.2) is 69.5 Å². The van der Waals surface area contributed by atoms with Crippen molar-refractivity contribution in [2.75, 3.05) is 10.7 Å². The van der Waals surface area contributed by atoms with Gasteiger partial charge >= 0.3 is 0 Å². The quantitative estimate of drug-likeness (QED) is 0.651. The van der Waals surface area contributed by atoms with Crippen molar-refractivity contribution in [3.63, 3.8) is 0 Å². The van der Waals surface area contributed by atoms with Crippen LogP contribution >= 0.6 is 23.5 Å². The molecular formula is C19H17N3O2S2. The van der Waals surface area contributed by atoms with E-state index >= 15 is 0 Å². The second-order valence-corrected chi connectivity index (χ2v) is 8.24. The Balaban J connectivity index is 1.60. The molecule has 5 nitrogen and oxygen atoms in total. The number of aromatic amines is 1. The number of aryl methyl sites for hydroxylation is 1. The lowest BCUT2D eigenvalue weighted by Crippen LogP contribution is -2.48. The van der Waals surface area contributed by atoms with Crippen molar-refractivity contribution >= 4 is 35.1 Å². The molecule has 0 saturated carbocycles. The lowest BCUT2D eigenvalue weighted by atomic mass is 10.0. The van der Waals surface area contributed by atoms with E-state index in [9.17, 15) is 9.59 Å². The minimum absolute atomic E-state index is 0.00172. The Kier molecular flexibility index (Phi) is 4.74. The molecule has 1 aromatic heterocycles. The summed E-state index contributed by atoms with van der Waals surface area (Å²) in [6.45, 7) is 1.77. The van der Waals surface area contributed by atoms with Crippen molar-refractivity contribution in [3.05, 3.63) is 70.7 Å². The van der Waals surface area contributed by atoms with Gasteiger partial charge in [0.25, 0.3) is 5.56 Å². The fourth-order valence-electron chi connectivity index (χ4n) is 3.10. The Bertz CT molecular complexity index is 967. The van der Waals surface area contributed by atoms with Crippen LogP contribution in [0.5, 0.6) is 0 Å². The van der Waals surface area contributed by atoms with Crippen LogP contribution in [0.4, 0.5) is 5.69 Å². The molecule has 2 aromatic rings. The smallest absolute Gasteiger partial charge is 0.251 e. The third kappa shape index (κ3) is 3.37. The summed E-state index contributed by atoms with van der Waals surface area (Å²) >= 11 is 3.04. The van der Waals surface area contributed by atoms with Crippen LogP contribution in [-0.4, -0.2) is 32.9 Å². The highest BCUT2D eigenvalue weighted by Crippen LogP contribution is 2.43. The van der Waals surface area contributed by atoms with Gasteiger partial charge in [0.1, 0.15) is 0 Å². The number of thioether (sulfide) groups is 2. The highest BCUT2D eigenvalue weighted by atomic mass is 32.2. The number of para-hydroxylation sites is 1. The molecule has 0 bridgehead atoms. The normalized spacial score (nSPS) is 20.6. The number of aromatic nitrogens is 2.